The second-order valence-electron chi connectivity index (χ2n) is 5.34. The standard InChI is InChI=1S/C17H11Cl2FN4O3S/c18-11-5-10(6-12(19)7-11)9-27-17-21-8-13(20)16(22-17)23-28-15-4-2-1-3-14(15)24(25)26/h1-8H,9H2,(H,21,22,23). The first kappa shape index (κ1) is 20.1. The number of benzene rings is 2. The summed E-state index contributed by atoms with van der Waals surface area (Å²) in [6.07, 6.45) is 0.940. The summed E-state index contributed by atoms with van der Waals surface area (Å²) in [4.78, 5) is 18.5. The molecule has 0 spiro atoms. The summed E-state index contributed by atoms with van der Waals surface area (Å²) in [7, 11) is 0. The van der Waals surface area contributed by atoms with Crippen LogP contribution in [0.1, 0.15) is 5.56 Å². The van der Waals surface area contributed by atoms with Gasteiger partial charge in [0.15, 0.2) is 11.6 Å². The van der Waals surface area contributed by atoms with E-state index in [-0.39, 0.29) is 24.1 Å². The van der Waals surface area contributed by atoms with Crippen molar-refractivity contribution in [3.8, 4) is 6.01 Å². The third kappa shape index (κ3) is 5.22. The van der Waals surface area contributed by atoms with Crippen molar-refractivity contribution in [1.29, 1.82) is 0 Å². The summed E-state index contributed by atoms with van der Waals surface area (Å²) in [6.45, 7) is 0.0721. The minimum atomic E-state index is -0.732. The van der Waals surface area contributed by atoms with Crippen molar-refractivity contribution in [2.24, 2.45) is 0 Å². The highest BCUT2D eigenvalue weighted by Gasteiger charge is 2.15. The Morgan fingerprint density at radius 2 is 1.93 bits per heavy atom. The summed E-state index contributed by atoms with van der Waals surface area (Å²) in [5.41, 5.74) is 0.581. The van der Waals surface area contributed by atoms with Crippen LogP contribution in [-0.2, 0) is 6.61 Å². The fourth-order valence-corrected chi connectivity index (χ4v) is 3.45. The van der Waals surface area contributed by atoms with Gasteiger partial charge in [-0.1, -0.05) is 35.3 Å². The molecular weight excluding hydrogens is 430 g/mol. The predicted octanol–water partition coefficient (Wildman–Crippen LogP) is 5.53. The molecule has 0 saturated heterocycles. The molecule has 0 atom stereocenters. The van der Waals surface area contributed by atoms with Crippen molar-refractivity contribution in [1.82, 2.24) is 9.97 Å². The Bertz CT molecular complexity index is 1010. The van der Waals surface area contributed by atoms with Crippen LogP contribution in [0.25, 0.3) is 0 Å². The topological polar surface area (TPSA) is 90.2 Å². The van der Waals surface area contributed by atoms with Crippen LogP contribution in [-0.4, -0.2) is 14.9 Å². The minimum absolute atomic E-state index is 0.0721. The van der Waals surface area contributed by atoms with Crippen LogP contribution in [0.15, 0.2) is 53.6 Å². The van der Waals surface area contributed by atoms with E-state index >= 15 is 0 Å². The lowest BCUT2D eigenvalue weighted by molar-refractivity contribution is -0.387. The number of para-hydroxylation sites is 1. The van der Waals surface area contributed by atoms with Crippen molar-refractivity contribution in [2.45, 2.75) is 11.5 Å². The Kier molecular flexibility index (Phi) is 6.50. The lowest BCUT2D eigenvalue weighted by Gasteiger charge is -2.09. The highest BCUT2D eigenvalue weighted by Crippen LogP contribution is 2.30. The molecule has 0 radical (unpaired) electrons. The van der Waals surface area contributed by atoms with Gasteiger partial charge in [-0.3, -0.25) is 10.1 Å². The Balaban J connectivity index is 1.70. The van der Waals surface area contributed by atoms with Gasteiger partial charge in [0.25, 0.3) is 5.69 Å². The van der Waals surface area contributed by atoms with Gasteiger partial charge in [-0.2, -0.15) is 4.98 Å². The second kappa shape index (κ2) is 9.05. The average molecular weight is 441 g/mol. The monoisotopic (exact) mass is 440 g/mol. The number of hydrogen-bond acceptors (Lipinski definition) is 7. The first-order valence-electron chi connectivity index (χ1n) is 7.69. The summed E-state index contributed by atoms with van der Waals surface area (Å²) in [6, 6.07) is 10.9. The van der Waals surface area contributed by atoms with E-state index in [1.807, 2.05) is 0 Å². The molecule has 144 valence electrons. The molecule has 0 aliphatic heterocycles. The second-order valence-corrected chi connectivity index (χ2v) is 7.07. The number of aromatic nitrogens is 2. The van der Waals surface area contributed by atoms with Gasteiger partial charge in [0.2, 0.25) is 0 Å². The first-order valence-corrected chi connectivity index (χ1v) is 9.26. The molecule has 0 amide bonds. The number of halogens is 3. The van der Waals surface area contributed by atoms with E-state index in [2.05, 4.69) is 14.7 Å². The van der Waals surface area contributed by atoms with Gasteiger partial charge < -0.3 is 9.46 Å². The molecular formula is C17H11Cl2FN4O3S. The fraction of sp³-hybridized carbons (Fsp3) is 0.0588. The minimum Gasteiger partial charge on any atom is -0.459 e. The molecule has 3 rings (SSSR count). The van der Waals surface area contributed by atoms with E-state index in [1.54, 1.807) is 30.3 Å². The SMILES string of the molecule is O=[N+]([O-])c1ccccc1SNc1nc(OCc2cc(Cl)cc(Cl)c2)ncc1F. The van der Waals surface area contributed by atoms with Gasteiger partial charge in [0.1, 0.15) is 11.5 Å². The molecule has 1 N–H and O–H groups in total. The predicted molar refractivity (Wildman–Crippen MR) is 105 cm³/mol. The number of rotatable bonds is 7. The van der Waals surface area contributed by atoms with Crippen LogP contribution in [0.4, 0.5) is 15.9 Å². The largest absolute Gasteiger partial charge is 0.459 e. The lowest BCUT2D eigenvalue weighted by Crippen LogP contribution is -2.03. The van der Waals surface area contributed by atoms with E-state index in [4.69, 9.17) is 27.9 Å². The number of nitro benzene ring substituents is 1. The van der Waals surface area contributed by atoms with Crippen molar-refractivity contribution in [2.75, 3.05) is 4.72 Å². The van der Waals surface area contributed by atoms with Crippen molar-refractivity contribution < 1.29 is 14.1 Å². The Hall–Kier alpha value is -2.62. The summed E-state index contributed by atoms with van der Waals surface area (Å²) >= 11 is 12.7. The molecule has 3 aromatic rings. The molecule has 2 aromatic carbocycles. The maximum Gasteiger partial charge on any atom is 0.318 e. The molecule has 0 fully saturated rings. The molecule has 28 heavy (non-hydrogen) atoms. The third-order valence-electron chi connectivity index (χ3n) is 3.33. The molecule has 0 aliphatic carbocycles. The number of ether oxygens (including phenoxy) is 1. The van der Waals surface area contributed by atoms with Crippen LogP contribution in [0.5, 0.6) is 6.01 Å². The van der Waals surface area contributed by atoms with Gasteiger partial charge in [0.05, 0.1) is 11.1 Å². The molecule has 0 unspecified atom stereocenters. The smallest absolute Gasteiger partial charge is 0.318 e. The Morgan fingerprint density at radius 1 is 1.21 bits per heavy atom. The van der Waals surface area contributed by atoms with Gasteiger partial charge in [-0.25, -0.2) is 9.37 Å². The van der Waals surface area contributed by atoms with E-state index in [1.165, 1.54) is 12.1 Å². The zero-order valence-electron chi connectivity index (χ0n) is 13.9. The van der Waals surface area contributed by atoms with E-state index in [0.29, 0.717) is 20.5 Å². The molecule has 1 heterocycles. The van der Waals surface area contributed by atoms with E-state index in [0.717, 1.165) is 18.1 Å². The number of hydrogen-bond donors (Lipinski definition) is 1. The van der Waals surface area contributed by atoms with Gasteiger partial charge in [-0.15, -0.1) is 0 Å². The van der Waals surface area contributed by atoms with Gasteiger partial charge in [-0.05, 0) is 41.8 Å². The normalized spacial score (nSPS) is 10.5. The summed E-state index contributed by atoms with van der Waals surface area (Å²) < 4.78 is 22.1. The van der Waals surface area contributed by atoms with Crippen LogP contribution in [0.2, 0.25) is 10.0 Å². The number of nitrogens with zero attached hydrogens (tertiary/aromatic N) is 3. The molecule has 1 aromatic heterocycles. The maximum atomic E-state index is 14.0. The van der Waals surface area contributed by atoms with Crippen molar-refractivity contribution >= 4 is 46.7 Å². The molecule has 0 aliphatic rings. The highest BCUT2D eigenvalue weighted by atomic mass is 35.5. The average Bonchev–Trinajstić information content (AvgIpc) is 2.65. The Labute approximate surface area is 173 Å². The van der Waals surface area contributed by atoms with Crippen LogP contribution in [0, 0.1) is 15.9 Å². The zero-order chi connectivity index (χ0) is 20.1. The first-order chi connectivity index (χ1) is 13.4. The number of anilines is 1. The molecule has 0 saturated carbocycles. The third-order valence-corrected chi connectivity index (χ3v) is 4.63. The number of nitrogens with one attached hydrogen (secondary N) is 1. The van der Waals surface area contributed by atoms with E-state index in [9.17, 15) is 14.5 Å². The van der Waals surface area contributed by atoms with Gasteiger partial charge >= 0.3 is 6.01 Å². The molecule has 0 bridgehead atoms. The Morgan fingerprint density at radius 3 is 2.64 bits per heavy atom. The van der Waals surface area contributed by atoms with E-state index < -0.39 is 10.7 Å². The lowest BCUT2D eigenvalue weighted by atomic mass is 10.2. The van der Waals surface area contributed by atoms with Crippen LogP contribution in [0.3, 0.4) is 0 Å². The summed E-state index contributed by atoms with van der Waals surface area (Å²) in [5, 5.41) is 12.0. The van der Waals surface area contributed by atoms with Crippen LogP contribution >= 0.6 is 35.1 Å². The molecule has 11 heteroatoms. The van der Waals surface area contributed by atoms with Crippen LogP contribution < -0.4 is 9.46 Å². The highest BCUT2D eigenvalue weighted by molar-refractivity contribution is 8.00. The van der Waals surface area contributed by atoms with Gasteiger partial charge in [0, 0.05) is 16.1 Å². The molecule has 7 nitrogen and oxygen atoms in total. The van der Waals surface area contributed by atoms with Crippen molar-refractivity contribution in [3.63, 3.8) is 0 Å². The van der Waals surface area contributed by atoms with Crippen molar-refractivity contribution in [3.05, 3.63) is 80.2 Å². The summed E-state index contributed by atoms with van der Waals surface area (Å²) in [5.74, 6) is -0.901. The fourth-order valence-electron chi connectivity index (χ4n) is 2.13. The maximum absolute atomic E-state index is 14.0. The quantitative estimate of drug-likeness (QED) is 0.293. The zero-order valence-corrected chi connectivity index (χ0v) is 16.3. The number of nitro groups is 1.